The van der Waals surface area contributed by atoms with Gasteiger partial charge >= 0.3 is 0 Å². The molecule has 1 aromatic carbocycles. The van der Waals surface area contributed by atoms with E-state index in [1.54, 1.807) is 12.1 Å². The van der Waals surface area contributed by atoms with E-state index in [9.17, 15) is 9.50 Å². The molecule has 1 unspecified atom stereocenters. The normalized spacial score (nSPS) is 12.9. The Bertz CT molecular complexity index is 301. The molecular weight excluding hydrogens is 247 g/mol. The topological polar surface area (TPSA) is 20.2 Å². The van der Waals surface area contributed by atoms with Crippen molar-refractivity contribution in [2.24, 2.45) is 0 Å². The monoisotopic (exact) mass is 260 g/mol. The van der Waals surface area contributed by atoms with Gasteiger partial charge in [-0.05, 0) is 43.0 Å². The average molecular weight is 261 g/mol. The number of benzene rings is 1. The quantitative estimate of drug-likeness (QED) is 0.881. The van der Waals surface area contributed by atoms with E-state index in [4.69, 9.17) is 0 Å². The molecular formula is C11H14BrFO. The molecule has 0 radical (unpaired) electrons. The smallest absolute Gasteiger partial charge is 0.126 e. The molecule has 1 N–H and O–H groups in total. The minimum absolute atomic E-state index is 0.198. The van der Waals surface area contributed by atoms with Gasteiger partial charge in [0.25, 0.3) is 0 Å². The maximum absolute atomic E-state index is 13.2. The first-order valence-corrected chi connectivity index (χ1v) is 5.54. The van der Waals surface area contributed by atoms with E-state index in [-0.39, 0.29) is 11.9 Å². The second-order valence-electron chi connectivity index (χ2n) is 3.34. The molecule has 0 aliphatic rings. The lowest BCUT2D eigenvalue weighted by molar-refractivity contribution is 0.160. The first-order valence-electron chi connectivity index (χ1n) is 4.75. The fourth-order valence-corrected chi connectivity index (χ4v) is 1.67. The molecule has 0 fully saturated rings. The molecule has 0 saturated carbocycles. The van der Waals surface area contributed by atoms with Gasteiger partial charge in [-0.25, -0.2) is 4.39 Å². The van der Waals surface area contributed by atoms with Crippen LogP contribution in [0.1, 0.15) is 25.3 Å². The van der Waals surface area contributed by atoms with Crippen molar-refractivity contribution in [2.45, 2.75) is 32.3 Å². The van der Waals surface area contributed by atoms with Gasteiger partial charge in [-0.2, -0.15) is 0 Å². The number of hydrogen-bond acceptors (Lipinski definition) is 1. The molecule has 0 heterocycles. The number of hydrogen-bond donors (Lipinski definition) is 1. The summed E-state index contributed by atoms with van der Waals surface area (Å²) in [5.41, 5.74) is 0.659. The maximum Gasteiger partial charge on any atom is 0.126 e. The van der Waals surface area contributed by atoms with Gasteiger partial charge in [0, 0.05) is 4.47 Å². The fraction of sp³-hybridized carbons (Fsp3) is 0.455. The lowest BCUT2D eigenvalue weighted by Crippen LogP contribution is -2.06. The van der Waals surface area contributed by atoms with E-state index in [0.29, 0.717) is 18.4 Å². The van der Waals surface area contributed by atoms with E-state index < -0.39 is 0 Å². The molecule has 0 amide bonds. The van der Waals surface area contributed by atoms with Crippen LogP contribution in [0.2, 0.25) is 0 Å². The van der Waals surface area contributed by atoms with Crippen molar-refractivity contribution in [3.8, 4) is 0 Å². The molecule has 78 valence electrons. The third kappa shape index (κ3) is 3.39. The van der Waals surface area contributed by atoms with E-state index in [1.165, 1.54) is 6.07 Å². The summed E-state index contributed by atoms with van der Waals surface area (Å²) >= 11 is 3.29. The number of aliphatic hydroxyl groups is 1. The molecule has 1 rings (SSSR count). The Morgan fingerprint density at radius 3 is 2.86 bits per heavy atom. The lowest BCUT2D eigenvalue weighted by Gasteiger charge is -2.08. The molecule has 3 heteroatoms. The summed E-state index contributed by atoms with van der Waals surface area (Å²) in [5, 5.41) is 9.35. The van der Waals surface area contributed by atoms with Crippen LogP contribution < -0.4 is 0 Å². The number of aryl methyl sites for hydroxylation is 1. The minimum atomic E-state index is -0.326. The second kappa shape index (κ2) is 5.47. The van der Waals surface area contributed by atoms with Gasteiger partial charge in [0.2, 0.25) is 0 Å². The summed E-state index contributed by atoms with van der Waals surface area (Å²) < 4.78 is 14.1. The molecule has 1 atom stereocenters. The van der Waals surface area contributed by atoms with Crippen molar-refractivity contribution in [3.63, 3.8) is 0 Å². The predicted octanol–water partition coefficient (Wildman–Crippen LogP) is 3.29. The number of aliphatic hydroxyl groups excluding tert-OH is 1. The summed E-state index contributed by atoms with van der Waals surface area (Å²) in [6.45, 7) is 1.92. The molecule has 0 aliphatic heterocycles. The van der Waals surface area contributed by atoms with Crippen molar-refractivity contribution >= 4 is 15.9 Å². The Kier molecular flexibility index (Phi) is 4.55. The van der Waals surface area contributed by atoms with Gasteiger partial charge in [-0.15, -0.1) is 0 Å². The van der Waals surface area contributed by atoms with Crippen LogP contribution in [0.25, 0.3) is 0 Å². The van der Waals surface area contributed by atoms with E-state index in [0.717, 1.165) is 10.9 Å². The maximum atomic E-state index is 13.2. The van der Waals surface area contributed by atoms with Crippen LogP contribution >= 0.6 is 15.9 Å². The summed E-state index contributed by atoms with van der Waals surface area (Å²) in [5.74, 6) is -0.198. The zero-order valence-electron chi connectivity index (χ0n) is 8.13. The summed E-state index contributed by atoms with van der Waals surface area (Å²) in [6, 6.07) is 4.88. The van der Waals surface area contributed by atoms with Crippen molar-refractivity contribution in [3.05, 3.63) is 34.1 Å². The highest BCUT2D eigenvalue weighted by atomic mass is 79.9. The Balaban J connectivity index is 2.62. The first-order chi connectivity index (χ1) is 6.63. The van der Waals surface area contributed by atoms with E-state index >= 15 is 0 Å². The van der Waals surface area contributed by atoms with Gasteiger partial charge in [0.15, 0.2) is 0 Å². The van der Waals surface area contributed by atoms with Crippen molar-refractivity contribution in [1.82, 2.24) is 0 Å². The summed E-state index contributed by atoms with van der Waals surface area (Å²) in [4.78, 5) is 0. The molecule has 0 bridgehead atoms. The van der Waals surface area contributed by atoms with E-state index in [1.807, 2.05) is 6.92 Å². The molecule has 0 spiro atoms. The fourth-order valence-electron chi connectivity index (χ4n) is 1.26. The molecule has 1 aromatic rings. The number of halogens is 2. The zero-order valence-corrected chi connectivity index (χ0v) is 9.72. The summed E-state index contributed by atoms with van der Waals surface area (Å²) in [7, 11) is 0. The average Bonchev–Trinajstić information content (AvgIpc) is 2.19. The Morgan fingerprint density at radius 2 is 2.21 bits per heavy atom. The highest BCUT2D eigenvalue weighted by Gasteiger charge is 2.06. The number of rotatable bonds is 4. The molecule has 14 heavy (non-hydrogen) atoms. The summed E-state index contributed by atoms with van der Waals surface area (Å²) in [6.07, 6.45) is 1.59. The van der Waals surface area contributed by atoms with Crippen LogP contribution in [-0.2, 0) is 6.42 Å². The van der Waals surface area contributed by atoms with Crippen LogP contribution in [0.3, 0.4) is 0 Å². The Labute approximate surface area is 92.1 Å². The zero-order chi connectivity index (χ0) is 10.6. The largest absolute Gasteiger partial charge is 0.393 e. The Hall–Kier alpha value is -0.410. The van der Waals surface area contributed by atoms with Crippen LogP contribution in [0.5, 0.6) is 0 Å². The first kappa shape index (κ1) is 11.7. The van der Waals surface area contributed by atoms with E-state index in [2.05, 4.69) is 15.9 Å². The minimum Gasteiger partial charge on any atom is -0.393 e. The molecule has 0 aromatic heterocycles. The highest BCUT2D eigenvalue weighted by molar-refractivity contribution is 9.10. The van der Waals surface area contributed by atoms with Crippen LogP contribution in [0.4, 0.5) is 4.39 Å². The van der Waals surface area contributed by atoms with Gasteiger partial charge in [-0.3, -0.25) is 0 Å². The predicted molar refractivity (Wildman–Crippen MR) is 58.7 cm³/mol. The van der Waals surface area contributed by atoms with Crippen molar-refractivity contribution < 1.29 is 9.50 Å². The standard InChI is InChI=1S/C11H14BrFO/c1-2-10(14)5-3-8-7-9(12)4-6-11(8)13/h4,6-7,10,14H,2-3,5H2,1H3. The van der Waals surface area contributed by atoms with Gasteiger partial charge in [-0.1, -0.05) is 22.9 Å². The molecule has 1 nitrogen and oxygen atoms in total. The van der Waals surface area contributed by atoms with Gasteiger partial charge in [0.1, 0.15) is 5.82 Å². The highest BCUT2D eigenvalue weighted by Crippen LogP contribution is 2.17. The van der Waals surface area contributed by atoms with Gasteiger partial charge in [0.05, 0.1) is 6.10 Å². The lowest BCUT2D eigenvalue weighted by atomic mass is 10.1. The van der Waals surface area contributed by atoms with Crippen LogP contribution in [0.15, 0.2) is 22.7 Å². The third-order valence-electron chi connectivity index (χ3n) is 2.23. The molecule has 0 aliphatic carbocycles. The van der Waals surface area contributed by atoms with Crippen molar-refractivity contribution in [2.75, 3.05) is 0 Å². The van der Waals surface area contributed by atoms with Crippen LogP contribution in [0, 0.1) is 5.82 Å². The van der Waals surface area contributed by atoms with Crippen molar-refractivity contribution in [1.29, 1.82) is 0 Å². The Morgan fingerprint density at radius 1 is 1.50 bits per heavy atom. The third-order valence-corrected chi connectivity index (χ3v) is 2.72. The second-order valence-corrected chi connectivity index (χ2v) is 4.25. The van der Waals surface area contributed by atoms with Gasteiger partial charge < -0.3 is 5.11 Å². The molecule has 0 saturated heterocycles. The SMILES string of the molecule is CCC(O)CCc1cc(Br)ccc1F. The van der Waals surface area contributed by atoms with Crippen LogP contribution in [-0.4, -0.2) is 11.2 Å².